The number of ether oxygens (including phenoxy) is 1. The number of aromatic nitrogens is 5. The van der Waals surface area contributed by atoms with Crippen LogP contribution in [0.25, 0.3) is 17.0 Å². The highest BCUT2D eigenvalue weighted by molar-refractivity contribution is 7.92. The van der Waals surface area contributed by atoms with Crippen LogP contribution in [0.3, 0.4) is 0 Å². The van der Waals surface area contributed by atoms with Gasteiger partial charge in [0.1, 0.15) is 34.0 Å². The van der Waals surface area contributed by atoms with E-state index < -0.39 is 26.6 Å². The Hall–Kier alpha value is -4.18. The number of nitrogens with one attached hydrogen (secondary N) is 1. The van der Waals surface area contributed by atoms with Crippen molar-refractivity contribution in [2.24, 2.45) is 0 Å². The summed E-state index contributed by atoms with van der Waals surface area (Å²) in [5, 5.41) is 13.4. The van der Waals surface area contributed by atoms with Gasteiger partial charge in [0, 0.05) is 17.8 Å². The highest BCUT2D eigenvalue weighted by atomic mass is 32.2. The van der Waals surface area contributed by atoms with Gasteiger partial charge in [-0.3, -0.25) is 4.72 Å². The van der Waals surface area contributed by atoms with Gasteiger partial charge in [0.05, 0.1) is 19.5 Å². The Kier molecular flexibility index (Phi) is 4.91. The molecule has 0 aliphatic carbocycles. The number of sulfonamides is 1. The monoisotopic (exact) mass is 443 g/mol. The number of fused-ring (bicyclic) bond motifs is 1. The van der Waals surface area contributed by atoms with Crippen LogP contribution in [0.4, 0.5) is 14.5 Å². The van der Waals surface area contributed by atoms with Gasteiger partial charge in [-0.1, -0.05) is 0 Å². The Morgan fingerprint density at radius 1 is 1.13 bits per heavy atom. The zero-order valence-corrected chi connectivity index (χ0v) is 16.4. The van der Waals surface area contributed by atoms with Crippen molar-refractivity contribution in [2.75, 3.05) is 11.8 Å². The van der Waals surface area contributed by atoms with Crippen molar-refractivity contribution in [3.63, 3.8) is 0 Å². The van der Waals surface area contributed by atoms with Crippen molar-refractivity contribution < 1.29 is 21.9 Å². The fraction of sp³-hybridized carbons (Fsp3) is 0.0556. The van der Waals surface area contributed by atoms with E-state index in [1.54, 1.807) is 0 Å². The summed E-state index contributed by atoms with van der Waals surface area (Å²) in [6.07, 6.45) is 4.03. The van der Waals surface area contributed by atoms with Crippen LogP contribution in [-0.2, 0) is 10.0 Å². The summed E-state index contributed by atoms with van der Waals surface area (Å²) in [5.74, 6) is -2.06. The van der Waals surface area contributed by atoms with E-state index in [1.807, 2.05) is 6.07 Å². The lowest BCUT2D eigenvalue weighted by atomic mass is 10.2. The summed E-state index contributed by atoms with van der Waals surface area (Å²) in [4.78, 5) is 11.3. The van der Waals surface area contributed by atoms with Crippen LogP contribution < -0.4 is 9.46 Å². The maximum absolute atomic E-state index is 14.0. The Morgan fingerprint density at radius 2 is 1.90 bits per heavy atom. The average molecular weight is 443 g/mol. The lowest BCUT2D eigenvalue weighted by Crippen LogP contribution is -2.16. The van der Waals surface area contributed by atoms with Crippen LogP contribution in [-0.4, -0.2) is 40.1 Å². The molecule has 10 nitrogen and oxygen atoms in total. The third-order valence-corrected chi connectivity index (χ3v) is 5.51. The second-order valence-electron chi connectivity index (χ2n) is 6.07. The Morgan fingerprint density at radius 3 is 2.61 bits per heavy atom. The van der Waals surface area contributed by atoms with E-state index in [9.17, 15) is 17.2 Å². The van der Waals surface area contributed by atoms with E-state index in [4.69, 9.17) is 10.00 Å². The molecule has 0 amide bonds. The molecular formula is C18H11F2N7O3S. The van der Waals surface area contributed by atoms with Crippen molar-refractivity contribution in [3.8, 4) is 23.2 Å². The molecule has 1 N–H and O–H groups in total. The molecule has 156 valence electrons. The van der Waals surface area contributed by atoms with Crippen molar-refractivity contribution >= 4 is 21.5 Å². The standard InChI is InChI=1S/C18H11F2N7O3S/c1-30-17-14(26-31(28,29)16-3-2-11(19)5-13(16)20)4-10(7-22-17)15-9-24-18-23-8-12(6-21)27(18)25-15/h2-5,7-9,26H,1H3. The molecule has 0 spiro atoms. The van der Waals surface area contributed by atoms with Crippen LogP contribution in [0, 0.1) is 23.0 Å². The minimum absolute atomic E-state index is 0.0933. The first-order valence-electron chi connectivity index (χ1n) is 8.45. The Labute approximate surface area is 173 Å². The van der Waals surface area contributed by atoms with Gasteiger partial charge in [-0.25, -0.2) is 32.2 Å². The van der Waals surface area contributed by atoms with Crippen molar-refractivity contribution in [3.05, 3.63) is 60.2 Å². The van der Waals surface area contributed by atoms with Crippen molar-refractivity contribution in [2.45, 2.75) is 4.90 Å². The maximum Gasteiger partial charge on any atom is 0.264 e. The van der Waals surface area contributed by atoms with E-state index in [-0.39, 0.29) is 28.7 Å². The molecule has 0 aliphatic rings. The second kappa shape index (κ2) is 7.58. The van der Waals surface area contributed by atoms with E-state index in [0.29, 0.717) is 11.6 Å². The third kappa shape index (κ3) is 3.71. The molecule has 0 unspecified atom stereocenters. The second-order valence-corrected chi connectivity index (χ2v) is 7.72. The quantitative estimate of drug-likeness (QED) is 0.496. The third-order valence-electron chi connectivity index (χ3n) is 4.11. The zero-order chi connectivity index (χ0) is 22.2. The van der Waals surface area contributed by atoms with Gasteiger partial charge in [-0.05, 0) is 18.2 Å². The molecule has 1 aromatic carbocycles. The molecule has 0 aliphatic heterocycles. The first-order valence-corrected chi connectivity index (χ1v) is 9.94. The smallest absolute Gasteiger partial charge is 0.264 e. The average Bonchev–Trinajstić information content (AvgIpc) is 3.15. The highest BCUT2D eigenvalue weighted by Crippen LogP contribution is 2.30. The predicted octanol–water partition coefficient (Wildman–Crippen LogP) is 2.15. The molecule has 0 fully saturated rings. The molecule has 0 saturated carbocycles. The molecule has 0 radical (unpaired) electrons. The van der Waals surface area contributed by atoms with Crippen LogP contribution in [0.15, 0.2) is 47.8 Å². The number of rotatable bonds is 5. The number of benzene rings is 1. The molecular weight excluding hydrogens is 432 g/mol. The number of imidazole rings is 1. The van der Waals surface area contributed by atoms with Crippen molar-refractivity contribution in [1.82, 2.24) is 24.6 Å². The van der Waals surface area contributed by atoms with Crippen LogP contribution in [0.1, 0.15) is 5.69 Å². The Bertz CT molecular complexity index is 1470. The fourth-order valence-corrected chi connectivity index (χ4v) is 3.81. The van der Waals surface area contributed by atoms with Gasteiger partial charge in [0.15, 0.2) is 5.69 Å². The highest BCUT2D eigenvalue weighted by Gasteiger charge is 2.22. The number of methoxy groups -OCH3 is 1. The lowest BCUT2D eigenvalue weighted by Gasteiger charge is -2.13. The summed E-state index contributed by atoms with van der Waals surface area (Å²) in [7, 11) is -3.16. The number of hydrogen-bond donors (Lipinski definition) is 1. The molecule has 0 saturated heterocycles. The molecule has 0 bridgehead atoms. The molecule has 31 heavy (non-hydrogen) atoms. The van der Waals surface area contributed by atoms with Gasteiger partial charge < -0.3 is 4.74 Å². The summed E-state index contributed by atoms with van der Waals surface area (Å²) in [6, 6.07) is 5.37. The number of anilines is 1. The van der Waals surface area contributed by atoms with Crippen molar-refractivity contribution in [1.29, 1.82) is 5.26 Å². The van der Waals surface area contributed by atoms with Gasteiger partial charge in [-0.2, -0.15) is 14.9 Å². The summed E-state index contributed by atoms with van der Waals surface area (Å²) >= 11 is 0. The van der Waals surface area contributed by atoms with Crippen LogP contribution >= 0.6 is 0 Å². The lowest BCUT2D eigenvalue weighted by molar-refractivity contribution is 0.400. The Balaban J connectivity index is 1.77. The van der Waals surface area contributed by atoms with E-state index in [1.165, 1.54) is 36.3 Å². The normalized spacial score (nSPS) is 11.3. The molecule has 3 heterocycles. The number of hydrogen-bond acceptors (Lipinski definition) is 8. The molecule has 4 rings (SSSR count). The van der Waals surface area contributed by atoms with E-state index in [2.05, 4.69) is 24.8 Å². The maximum atomic E-state index is 14.0. The first kappa shape index (κ1) is 20.1. The largest absolute Gasteiger partial charge is 0.480 e. The summed E-state index contributed by atoms with van der Waals surface area (Å²) in [6.45, 7) is 0. The van der Waals surface area contributed by atoms with Gasteiger partial charge in [0.2, 0.25) is 5.88 Å². The molecule has 13 heteroatoms. The molecule has 4 aromatic rings. The summed E-state index contributed by atoms with van der Waals surface area (Å²) < 4.78 is 60.9. The minimum Gasteiger partial charge on any atom is -0.480 e. The van der Waals surface area contributed by atoms with Gasteiger partial charge in [-0.15, -0.1) is 0 Å². The molecule has 3 aromatic heterocycles. The zero-order valence-electron chi connectivity index (χ0n) is 15.6. The van der Waals surface area contributed by atoms with E-state index >= 15 is 0 Å². The SMILES string of the molecule is COc1ncc(-c2cnc3ncc(C#N)n3n2)cc1NS(=O)(=O)c1ccc(F)cc1F. The number of halogens is 2. The fourth-order valence-electron chi connectivity index (χ4n) is 2.70. The van der Waals surface area contributed by atoms with E-state index in [0.717, 1.165) is 12.1 Å². The topological polar surface area (TPSA) is 135 Å². The summed E-state index contributed by atoms with van der Waals surface area (Å²) in [5.41, 5.74) is 0.617. The predicted molar refractivity (Wildman–Crippen MR) is 102 cm³/mol. The number of pyridine rings is 1. The first-order chi connectivity index (χ1) is 14.8. The number of nitriles is 1. The number of nitrogens with zero attached hydrogens (tertiary/aromatic N) is 6. The van der Waals surface area contributed by atoms with Crippen LogP contribution in [0.2, 0.25) is 0 Å². The van der Waals surface area contributed by atoms with Gasteiger partial charge in [0.25, 0.3) is 15.8 Å². The minimum atomic E-state index is -4.43. The molecule has 0 atom stereocenters. The van der Waals surface area contributed by atoms with Gasteiger partial charge >= 0.3 is 0 Å². The van der Waals surface area contributed by atoms with Crippen LogP contribution in [0.5, 0.6) is 5.88 Å².